The van der Waals surface area contributed by atoms with Gasteiger partial charge in [-0.25, -0.2) is 22.0 Å². The SMILES string of the molecule is CC(C)C1NC2(CCN(C(O)=S)CC2)N(Cc2ccccc2)C1=O.NC(=O)c1c(F)c(F)c(F)c(F)c1F. The second kappa shape index (κ2) is 11.6. The van der Waals surface area contributed by atoms with E-state index >= 15 is 0 Å². The number of aliphatic hydroxyl groups is 1. The zero-order valence-corrected chi connectivity index (χ0v) is 21.4. The van der Waals surface area contributed by atoms with Gasteiger partial charge in [0.25, 0.3) is 11.1 Å². The van der Waals surface area contributed by atoms with Crippen molar-refractivity contribution >= 4 is 29.2 Å². The molecule has 1 spiro atoms. The molecule has 38 heavy (non-hydrogen) atoms. The van der Waals surface area contributed by atoms with Gasteiger partial charge in [-0.3, -0.25) is 14.9 Å². The fourth-order valence-corrected chi connectivity index (χ4v) is 4.74. The first-order valence-electron chi connectivity index (χ1n) is 11.7. The van der Waals surface area contributed by atoms with E-state index in [0.29, 0.717) is 19.6 Å². The van der Waals surface area contributed by atoms with Crippen LogP contribution >= 0.6 is 12.2 Å². The normalized spacial score (nSPS) is 18.5. The van der Waals surface area contributed by atoms with Crippen LogP contribution in [0.2, 0.25) is 0 Å². The Kier molecular flexibility index (Phi) is 8.93. The van der Waals surface area contributed by atoms with E-state index < -0.39 is 40.6 Å². The van der Waals surface area contributed by atoms with Crippen LogP contribution in [0.1, 0.15) is 42.6 Å². The average molecular weight is 559 g/mol. The number of amides is 2. The minimum atomic E-state index is -2.33. The molecular weight excluding hydrogens is 531 g/mol. The minimum absolute atomic E-state index is 0.0517. The third-order valence-electron chi connectivity index (χ3n) is 6.64. The highest BCUT2D eigenvalue weighted by Crippen LogP contribution is 2.35. The Morgan fingerprint density at radius 2 is 1.55 bits per heavy atom. The van der Waals surface area contributed by atoms with Crippen molar-refractivity contribution in [2.24, 2.45) is 11.7 Å². The molecule has 1 atom stereocenters. The van der Waals surface area contributed by atoms with Gasteiger partial charge < -0.3 is 20.6 Å². The molecule has 4 rings (SSSR count). The summed E-state index contributed by atoms with van der Waals surface area (Å²) in [4.78, 5) is 27.2. The number of carbonyl (C=O) groups excluding carboxylic acids is 2. The maximum atomic E-state index is 13.0. The summed E-state index contributed by atoms with van der Waals surface area (Å²) in [5, 5.41) is 13.1. The quantitative estimate of drug-likeness (QED) is 0.229. The van der Waals surface area contributed by atoms with Gasteiger partial charge in [0, 0.05) is 32.5 Å². The highest BCUT2D eigenvalue weighted by Gasteiger charge is 2.52. The molecule has 2 aromatic rings. The van der Waals surface area contributed by atoms with Crippen molar-refractivity contribution in [3.8, 4) is 0 Å². The summed E-state index contributed by atoms with van der Waals surface area (Å²) in [5.74, 6) is -12.5. The average Bonchev–Trinajstić information content (AvgIpc) is 3.14. The summed E-state index contributed by atoms with van der Waals surface area (Å²) >= 11 is 4.88. The Bertz CT molecular complexity index is 1190. The van der Waals surface area contributed by atoms with E-state index in [-0.39, 0.29) is 28.7 Å². The summed E-state index contributed by atoms with van der Waals surface area (Å²) in [6, 6.07) is 9.96. The van der Waals surface area contributed by atoms with E-state index in [1.807, 2.05) is 23.1 Å². The highest BCUT2D eigenvalue weighted by molar-refractivity contribution is 7.79. The molecule has 2 saturated heterocycles. The van der Waals surface area contributed by atoms with Crippen LogP contribution in [0.15, 0.2) is 30.3 Å². The van der Waals surface area contributed by atoms with Crippen molar-refractivity contribution < 1.29 is 36.6 Å². The zero-order valence-electron chi connectivity index (χ0n) is 20.6. The molecule has 0 bridgehead atoms. The number of aliphatic hydroxyl groups excluding tert-OH is 1. The molecule has 7 nitrogen and oxygen atoms in total. The van der Waals surface area contributed by atoms with Crippen molar-refractivity contribution in [3.05, 3.63) is 70.5 Å². The second-order valence-corrected chi connectivity index (χ2v) is 9.75. The van der Waals surface area contributed by atoms with E-state index in [0.717, 1.165) is 18.4 Å². The second-order valence-electron chi connectivity index (χ2n) is 9.39. The number of thiocarbonyl (C=S) groups is 1. The van der Waals surface area contributed by atoms with Crippen molar-refractivity contribution in [3.63, 3.8) is 0 Å². The lowest BCUT2D eigenvalue weighted by atomic mass is 9.95. The number of hydrogen-bond donors (Lipinski definition) is 3. The summed E-state index contributed by atoms with van der Waals surface area (Å²) in [6.45, 7) is 6.08. The molecule has 2 aromatic carbocycles. The van der Waals surface area contributed by atoms with Crippen LogP contribution in [-0.4, -0.2) is 56.7 Å². The number of likely N-dealkylation sites (tertiary alicyclic amines) is 1. The van der Waals surface area contributed by atoms with Crippen LogP contribution in [0.25, 0.3) is 0 Å². The van der Waals surface area contributed by atoms with E-state index in [2.05, 4.69) is 37.0 Å². The van der Waals surface area contributed by atoms with Crippen LogP contribution in [0, 0.1) is 35.0 Å². The van der Waals surface area contributed by atoms with Crippen molar-refractivity contribution in [1.82, 2.24) is 15.1 Å². The van der Waals surface area contributed by atoms with Gasteiger partial charge in [0.05, 0.1) is 11.7 Å². The Morgan fingerprint density at radius 1 is 1.05 bits per heavy atom. The first-order chi connectivity index (χ1) is 17.8. The van der Waals surface area contributed by atoms with Crippen LogP contribution in [0.4, 0.5) is 22.0 Å². The number of hydrogen-bond acceptors (Lipinski definition) is 4. The molecule has 206 valence electrons. The number of nitrogens with two attached hydrogens (primary N) is 1. The number of primary amides is 1. The number of carbonyl (C=O) groups is 2. The monoisotopic (exact) mass is 558 g/mol. The lowest BCUT2D eigenvalue weighted by molar-refractivity contribution is -0.134. The third kappa shape index (κ3) is 5.73. The lowest BCUT2D eigenvalue weighted by Crippen LogP contribution is -2.59. The van der Waals surface area contributed by atoms with Gasteiger partial charge in [-0.2, -0.15) is 0 Å². The van der Waals surface area contributed by atoms with E-state index in [9.17, 15) is 36.6 Å². The summed E-state index contributed by atoms with van der Waals surface area (Å²) in [7, 11) is 0. The van der Waals surface area contributed by atoms with Gasteiger partial charge in [-0.15, -0.1) is 0 Å². The third-order valence-corrected chi connectivity index (χ3v) is 6.90. The first-order valence-corrected chi connectivity index (χ1v) is 12.1. The highest BCUT2D eigenvalue weighted by atomic mass is 32.1. The molecule has 0 aliphatic carbocycles. The zero-order chi connectivity index (χ0) is 28.4. The number of halogens is 5. The summed E-state index contributed by atoms with van der Waals surface area (Å²) in [6.07, 6.45) is 1.52. The molecule has 2 aliphatic rings. The molecule has 0 radical (unpaired) electrons. The van der Waals surface area contributed by atoms with E-state index in [4.69, 9.17) is 12.2 Å². The van der Waals surface area contributed by atoms with Gasteiger partial charge in [0.15, 0.2) is 23.3 Å². The Morgan fingerprint density at radius 3 is 2.00 bits per heavy atom. The minimum Gasteiger partial charge on any atom is -0.487 e. The number of benzene rings is 2. The van der Waals surface area contributed by atoms with Gasteiger partial charge in [-0.1, -0.05) is 44.2 Å². The van der Waals surface area contributed by atoms with Gasteiger partial charge >= 0.3 is 0 Å². The molecule has 2 fully saturated rings. The maximum absolute atomic E-state index is 13.0. The maximum Gasteiger partial charge on any atom is 0.256 e. The lowest BCUT2D eigenvalue weighted by Gasteiger charge is -2.44. The standard InChI is InChI=1S/C18H25N3O2S.C7H2F5NO/c1-13(2)15-16(22)21(12-14-6-4-3-5-7-14)18(19-15)8-10-20(11-9-18)17(23)24;8-2-1(7(13)14)3(9)5(11)6(12)4(2)10/h3-7,13,15,19H,8-12H2,1-2H3,(H,23,24);(H2,13,14). The Labute approximate surface area is 221 Å². The van der Waals surface area contributed by atoms with Crippen LogP contribution in [0.3, 0.4) is 0 Å². The van der Waals surface area contributed by atoms with Gasteiger partial charge in [0.2, 0.25) is 11.7 Å². The Hall–Kier alpha value is -3.32. The van der Waals surface area contributed by atoms with Crippen LogP contribution < -0.4 is 11.1 Å². The predicted octanol–water partition coefficient (Wildman–Crippen LogP) is 3.76. The largest absolute Gasteiger partial charge is 0.487 e. The topological polar surface area (TPSA) is 98.9 Å². The molecule has 13 heteroatoms. The van der Waals surface area contributed by atoms with E-state index in [1.54, 1.807) is 4.90 Å². The van der Waals surface area contributed by atoms with Crippen LogP contribution in [0.5, 0.6) is 0 Å². The predicted molar refractivity (Wildman–Crippen MR) is 132 cm³/mol. The Balaban J connectivity index is 0.000000244. The fourth-order valence-electron chi connectivity index (χ4n) is 4.56. The number of nitrogens with one attached hydrogen (secondary N) is 1. The molecule has 0 aromatic heterocycles. The molecule has 2 heterocycles. The molecule has 1 unspecified atom stereocenters. The molecule has 4 N–H and O–H groups in total. The van der Waals surface area contributed by atoms with Crippen molar-refractivity contribution in [2.45, 2.75) is 44.9 Å². The number of rotatable bonds is 4. The smallest absolute Gasteiger partial charge is 0.256 e. The molecule has 0 saturated carbocycles. The number of piperidine rings is 1. The van der Waals surface area contributed by atoms with Crippen molar-refractivity contribution in [1.29, 1.82) is 0 Å². The van der Waals surface area contributed by atoms with Crippen LogP contribution in [-0.2, 0) is 11.3 Å². The van der Waals surface area contributed by atoms with Crippen molar-refractivity contribution in [2.75, 3.05) is 13.1 Å². The first kappa shape index (κ1) is 29.2. The fraction of sp³-hybridized carbons (Fsp3) is 0.400. The molecule has 2 aliphatic heterocycles. The van der Waals surface area contributed by atoms with Gasteiger partial charge in [0.1, 0.15) is 5.56 Å². The number of nitrogens with zero attached hydrogens (tertiary/aromatic N) is 2. The van der Waals surface area contributed by atoms with Gasteiger partial charge in [-0.05, 0) is 23.7 Å². The molecular formula is C25H27F5N4O3S. The van der Waals surface area contributed by atoms with E-state index in [1.165, 1.54) is 0 Å². The summed E-state index contributed by atoms with van der Waals surface area (Å²) in [5.41, 5.74) is 3.58. The molecule has 2 amide bonds. The summed E-state index contributed by atoms with van der Waals surface area (Å²) < 4.78 is 62.4.